The highest BCUT2D eigenvalue weighted by Gasteiger charge is 2.32. The van der Waals surface area contributed by atoms with Crippen molar-refractivity contribution in [3.8, 4) is 0 Å². The molecule has 4 heteroatoms. The summed E-state index contributed by atoms with van der Waals surface area (Å²) in [7, 11) is 0. The molecule has 2 aliphatic rings. The van der Waals surface area contributed by atoms with Crippen LogP contribution in [0.4, 0.5) is 8.78 Å². The van der Waals surface area contributed by atoms with Gasteiger partial charge in [0.15, 0.2) is 17.9 Å². The Bertz CT molecular complexity index is 542. The zero-order chi connectivity index (χ0) is 16.2. The fourth-order valence-corrected chi connectivity index (χ4v) is 3.72. The minimum absolute atomic E-state index is 0.406. The molecule has 1 aromatic carbocycles. The molecule has 23 heavy (non-hydrogen) atoms. The van der Waals surface area contributed by atoms with Crippen LogP contribution >= 0.6 is 0 Å². The van der Waals surface area contributed by atoms with E-state index in [0.717, 1.165) is 18.1 Å². The maximum absolute atomic E-state index is 13.3. The summed E-state index contributed by atoms with van der Waals surface area (Å²) in [4.78, 5) is 0. The zero-order valence-corrected chi connectivity index (χ0v) is 13.5. The third-order valence-electron chi connectivity index (χ3n) is 5.09. The first-order chi connectivity index (χ1) is 11.2. The van der Waals surface area contributed by atoms with Crippen LogP contribution in [-0.4, -0.2) is 13.2 Å². The molecule has 1 aliphatic heterocycles. The Kier molecular flexibility index (Phi) is 5.44. The molecule has 0 bridgehead atoms. The van der Waals surface area contributed by atoms with Gasteiger partial charge in [0.2, 0.25) is 0 Å². The molecule has 0 unspecified atom stereocenters. The lowest BCUT2D eigenvalue weighted by Crippen LogP contribution is -2.34. The van der Waals surface area contributed by atoms with Gasteiger partial charge in [0.25, 0.3) is 0 Å². The van der Waals surface area contributed by atoms with E-state index in [-0.39, 0.29) is 0 Å². The Hall–Kier alpha value is -1.26. The first kappa shape index (κ1) is 16.6. The number of benzene rings is 1. The van der Waals surface area contributed by atoms with Crippen molar-refractivity contribution in [1.82, 2.24) is 0 Å². The van der Waals surface area contributed by atoms with E-state index < -0.39 is 17.9 Å². The smallest absolute Gasteiger partial charge is 0.183 e. The SMILES string of the molecule is CC=CC1CCC(C2COC(c3ccc(F)c(F)c3)OC2)CC1. The van der Waals surface area contributed by atoms with Gasteiger partial charge < -0.3 is 9.47 Å². The van der Waals surface area contributed by atoms with Crippen molar-refractivity contribution in [1.29, 1.82) is 0 Å². The maximum Gasteiger partial charge on any atom is 0.183 e. The van der Waals surface area contributed by atoms with Crippen LogP contribution in [0.5, 0.6) is 0 Å². The van der Waals surface area contributed by atoms with Gasteiger partial charge in [0.05, 0.1) is 13.2 Å². The van der Waals surface area contributed by atoms with Gasteiger partial charge in [-0.3, -0.25) is 0 Å². The van der Waals surface area contributed by atoms with Crippen LogP contribution in [0, 0.1) is 29.4 Å². The molecule has 1 aliphatic carbocycles. The average Bonchev–Trinajstić information content (AvgIpc) is 2.59. The Labute approximate surface area is 136 Å². The number of hydrogen-bond donors (Lipinski definition) is 0. The van der Waals surface area contributed by atoms with Crippen molar-refractivity contribution in [2.24, 2.45) is 17.8 Å². The molecule has 0 atom stereocenters. The van der Waals surface area contributed by atoms with Gasteiger partial charge in [-0.05, 0) is 56.6 Å². The van der Waals surface area contributed by atoms with Gasteiger partial charge in [-0.1, -0.05) is 18.2 Å². The van der Waals surface area contributed by atoms with E-state index in [0.29, 0.717) is 30.6 Å². The molecule has 2 fully saturated rings. The van der Waals surface area contributed by atoms with E-state index in [4.69, 9.17) is 9.47 Å². The molecule has 2 nitrogen and oxygen atoms in total. The van der Waals surface area contributed by atoms with E-state index in [1.165, 1.54) is 31.7 Å². The second-order valence-electron chi connectivity index (χ2n) is 6.63. The topological polar surface area (TPSA) is 18.5 Å². The molecule has 0 spiro atoms. The van der Waals surface area contributed by atoms with E-state index >= 15 is 0 Å². The van der Waals surface area contributed by atoms with Crippen molar-refractivity contribution < 1.29 is 18.3 Å². The van der Waals surface area contributed by atoms with Crippen LogP contribution in [0.2, 0.25) is 0 Å². The normalized spacial score (nSPS) is 32.3. The Morgan fingerprint density at radius 2 is 1.65 bits per heavy atom. The molecule has 0 radical (unpaired) electrons. The van der Waals surface area contributed by atoms with Crippen molar-refractivity contribution in [3.05, 3.63) is 47.5 Å². The van der Waals surface area contributed by atoms with Gasteiger partial charge in [-0.15, -0.1) is 0 Å². The standard InChI is InChI=1S/C19H24F2O2/c1-2-3-13-4-6-14(7-5-13)16-11-22-19(23-12-16)15-8-9-17(20)18(21)10-15/h2-3,8-10,13-14,16,19H,4-7,11-12H2,1H3. The average molecular weight is 322 g/mol. The van der Waals surface area contributed by atoms with Crippen LogP contribution in [0.3, 0.4) is 0 Å². The molecule has 1 saturated heterocycles. The van der Waals surface area contributed by atoms with Gasteiger partial charge >= 0.3 is 0 Å². The summed E-state index contributed by atoms with van der Waals surface area (Å²) in [6.07, 6.45) is 8.76. The summed E-state index contributed by atoms with van der Waals surface area (Å²) < 4.78 is 37.9. The second-order valence-corrected chi connectivity index (χ2v) is 6.63. The Morgan fingerprint density at radius 1 is 0.957 bits per heavy atom. The summed E-state index contributed by atoms with van der Waals surface area (Å²) in [5, 5.41) is 0. The lowest BCUT2D eigenvalue weighted by Gasteiger charge is -2.37. The summed E-state index contributed by atoms with van der Waals surface area (Å²) in [6.45, 7) is 3.33. The molecule has 1 saturated carbocycles. The summed E-state index contributed by atoms with van der Waals surface area (Å²) >= 11 is 0. The summed E-state index contributed by atoms with van der Waals surface area (Å²) in [5.41, 5.74) is 0.541. The van der Waals surface area contributed by atoms with Crippen LogP contribution in [0.25, 0.3) is 0 Å². The third kappa shape index (κ3) is 3.99. The fourth-order valence-electron chi connectivity index (χ4n) is 3.72. The quantitative estimate of drug-likeness (QED) is 0.728. The lowest BCUT2D eigenvalue weighted by molar-refractivity contribution is -0.214. The minimum Gasteiger partial charge on any atom is -0.348 e. The van der Waals surface area contributed by atoms with Crippen molar-refractivity contribution in [3.63, 3.8) is 0 Å². The number of halogens is 2. The predicted octanol–water partition coefficient (Wildman–Crippen LogP) is 5.01. The molecule has 1 aromatic rings. The van der Waals surface area contributed by atoms with Crippen LogP contribution in [-0.2, 0) is 9.47 Å². The highest BCUT2D eigenvalue weighted by Crippen LogP contribution is 2.37. The Balaban J connectivity index is 1.51. The van der Waals surface area contributed by atoms with Crippen LogP contribution < -0.4 is 0 Å². The fraction of sp³-hybridized carbons (Fsp3) is 0.579. The maximum atomic E-state index is 13.3. The third-order valence-corrected chi connectivity index (χ3v) is 5.09. The summed E-state index contributed by atoms with van der Waals surface area (Å²) in [5.74, 6) is 0.0570. The molecule has 3 rings (SSSR count). The van der Waals surface area contributed by atoms with E-state index in [1.54, 1.807) is 0 Å². The predicted molar refractivity (Wildman–Crippen MR) is 84.8 cm³/mol. The second kappa shape index (κ2) is 7.54. The number of ether oxygens (including phenoxy) is 2. The molecular weight excluding hydrogens is 298 g/mol. The van der Waals surface area contributed by atoms with Gasteiger partial charge in [-0.2, -0.15) is 0 Å². The number of hydrogen-bond acceptors (Lipinski definition) is 2. The zero-order valence-electron chi connectivity index (χ0n) is 13.5. The Morgan fingerprint density at radius 3 is 2.26 bits per heavy atom. The molecule has 1 heterocycles. The molecule has 0 amide bonds. The van der Waals surface area contributed by atoms with Crippen LogP contribution in [0.15, 0.2) is 30.4 Å². The van der Waals surface area contributed by atoms with E-state index in [9.17, 15) is 8.78 Å². The first-order valence-electron chi connectivity index (χ1n) is 8.48. The molecule has 0 N–H and O–H groups in total. The van der Waals surface area contributed by atoms with Gasteiger partial charge in [0.1, 0.15) is 0 Å². The van der Waals surface area contributed by atoms with E-state index in [2.05, 4.69) is 19.1 Å². The van der Waals surface area contributed by atoms with Gasteiger partial charge in [-0.25, -0.2) is 8.78 Å². The highest BCUT2D eigenvalue weighted by molar-refractivity contribution is 5.19. The first-order valence-corrected chi connectivity index (χ1v) is 8.48. The molecule has 0 aromatic heterocycles. The summed E-state index contributed by atoms with van der Waals surface area (Å²) in [6, 6.07) is 3.79. The molecule has 126 valence electrons. The largest absolute Gasteiger partial charge is 0.348 e. The number of allylic oxidation sites excluding steroid dienone is 2. The number of rotatable bonds is 3. The van der Waals surface area contributed by atoms with Crippen molar-refractivity contribution >= 4 is 0 Å². The van der Waals surface area contributed by atoms with Crippen LogP contribution in [0.1, 0.15) is 44.5 Å². The van der Waals surface area contributed by atoms with Gasteiger partial charge in [0, 0.05) is 11.5 Å². The highest BCUT2D eigenvalue weighted by atomic mass is 19.2. The minimum atomic E-state index is -0.862. The van der Waals surface area contributed by atoms with E-state index in [1.807, 2.05) is 0 Å². The monoisotopic (exact) mass is 322 g/mol. The molecular formula is C19H24F2O2. The lowest BCUT2D eigenvalue weighted by atomic mass is 9.76. The van der Waals surface area contributed by atoms with Crippen molar-refractivity contribution in [2.45, 2.75) is 38.9 Å². The van der Waals surface area contributed by atoms with Crippen molar-refractivity contribution in [2.75, 3.05) is 13.2 Å².